The Balaban J connectivity index is 1.39. The molecule has 0 radical (unpaired) electrons. The summed E-state index contributed by atoms with van der Waals surface area (Å²) in [6.45, 7) is 1.61. The molecule has 2 N–H and O–H groups in total. The Bertz CT molecular complexity index is 988. The molecule has 1 fully saturated rings. The van der Waals surface area contributed by atoms with Gasteiger partial charge in [0.1, 0.15) is 0 Å². The number of hydrogen-bond donors (Lipinski definition) is 2. The molecule has 1 atom stereocenters. The second kappa shape index (κ2) is 9.26. The first-order valence-corrected chi connectivity index (χ1v) is 10.1. The SMILES string of the molecule is O=C(NCc1cccc(-n2cccn2)c1)NC(CN1CCCC1=O)c1ccccc1. The van der Waals surface area contributed by atoms with Gasteiger partial charge in [-0.15, -0.1) is 0 Å². The van der Waals surface area contributed by atoms with Crippen molar-refractivity contribution < 1.29 is 9.59 Å². The van der Waals surface area contributed by atoms with E-state index in [0.717, 1.165) is 29.8 Å². The topological polar surface area (TPSA) is 79.3 Å². The van der Waals surface area contributed by atoms with Crippen molar-refractivity contribution in [1.82, 2.24) is 25.3 Å². The molecule has 154 valence electrons. The molecule has 0 saturated carbocycles. The first-order chi connectivity index (χ1) is 14.7. The average Bonchev–Trinajstić information content (AvgIpc) is 3.45. The third kappa shape index (κ3) is 4.86. The number of benzene rings is 2. The van der Waals surface area contributed by atoms with E-state index >= 15 is 0 Å². The van der Waals surface area contributed by atoms with Crippen LogP contribution < -0.4 is 10.6 Å². The maximum absolute atomic E-state index is 12.6. The summed E-state index contributed by atoms with van der Waals surface area (Å²) in [7, 11) is 0. The summed E-state index contributed by atoms with van der Waals surface area (Å²) in [5.41, 5.74) is 2.89. The van der Waals surface area contributed by atoms with Crippen LogP contribution in [0.25, 0.3) is 5.69 Å². The molecular formula is C23H25N5O2. The van der Waals surface area contributed by atoms with Gasteiger partial charge in [0.15, 0.2) is 0 Å². The summed E-state index contributed by atoms with van der Waals surface area (Å²) >= 11 is 0. The number of aromatic nitrogens is 2. The van der Waals surface area contributed by atoms with Crippen molar-refractivity contribution in [3.8, 4) is 5.69 Å². The second-order valence-corrected chi connectivity index (χ2v) is 7.35. The normalized spacial score (nSPS) is 14.5. The molecule has 4 rings (SSSR count). The van der Waals surface area contributed by atoms with Crippen molar-refractivity contribution >= 4 is 11.9 Å². The minimum atomic E-state index is -0.264. The Hall–Kier alpha value is -3.61. The molecule has 2 heterocycles. The number of rotatable bonds is 7. The van der Waals surface area contributed by atoms with Gasteiger partial charge in [-0.05, 0) is 35.7 Å². The fraction of sp³-hybridized carbons (Fsp3) is 0.261. The summed E-state index contributed by atoms with van der Waals surface area (Å²) in [4.78, 5) is 26.5. The Kier molecular flexibility index (Phi) is 6.08. The van der Waals surface area contributed by atoms with Gasteiger partial charge in [-0.25, -0.2) is 9.48 Å². The quantitative estimate of drug-likeness (QED) is 0.636. The first-order valence-electron chi connectivity index (χ1n) is 10.1. The molecule has 1 aliphatic rings. The van der Waals surface area contributed by atoms with Gasteiger partial charge in [-0.1, -0.05) is 42.5 Å². The van der Waals surface area contributed by atoms with Crippen LogP contribution in [0.4, 0.5) is 4.79 Å². The number of nitrogens with zero attached hydrogens (tertiary/aromatic N) is 3. The Labute approximate surface area is 175 Å². The van der Waals surface area contributed by atoms with Crippen molar-refractivity contribution in [2.24, 2.45) is 0 Å². The zero-order valence-electron chi connectivity index (χ0n) is 16.7. The lowest BCUT2D eigenvalue weighted by atomic mass is 10.1. The second-order valence-electron chi connectivity index (χ2n) is 7.35. The van der Waals surface area contributed by atoms with Crippen LogP contribution in [0.1, 0.15) is 30.0 Å². The predicted molar refractivity (Wildman–Crippen MR) is 114 cm³/mol. The van der Waals surface area contributed by atoms with E-state index in [1.54, 1.807) is 10.9 Å². The standard InChI is InChI=1S/C23H25N5O2/c29-22-11-5-13-27(22)17-21(19-8-2-1-3-9-19)26-23(30)24-16-18-7-4-10-20(15-18)28-14-6-12-25-28/h1-4,6-10,12,14-15,21H,5,11,13,16-17H2,(H2,24,26,30). The molecule has 1 aliphatic heterocycles. The number of carbonyl (C=O) groups excluding carboxylic acids is 2. The lowest BCUT2D eigenvalue weighted by molar-refractivity contribution is -0.128. The largest absolute Gasteiger partial charge is 0.340 e. The van der Waals surface area contributed by atoms with Gasteiger partial charge in [-0.2, -0.15) is 5.10 Å². The van der Waals surface area contributed by atoms with E-state index in [-0.39, 0.29) is 18.0 Å². The van der Waals surface area contributed by atoms with Gasteiger partial charge >= 0.3 is 6.03 Å². The Morgan fingerprint density at radius 1 is 1.10 bits per heavy atom. The van der Waals surface area contributed by atoms with Crippen LogP contribution >= 0.6 is 0 Å². The smallest absolute Gasteiger partial charge is 0.315 e. The lowest BCUT2D eigenvalue weighted by Gasteiger charge is -2.25. The molecule has 2 aromatic carbocycles. The van der Waals surface area contributed by atoms with E-state index in [9.17, 15) is 9.59 Å². The maximum Gasteiger partial charge on any atom is 0.315 e. The number of carbonyl (C=O) groups is 2. The summed E-state index contributed by atoms with van der Waals surface area (Å²) < 4.78 is 1.78. The number of nitrogens with one attached hydrogen (secondary N) is 2. The van der Waals surface area contributed by atoms with Crippen LogP contribution in [0.2, 0.25) is 0 Å². The van der Waals surface area contributed by atoms with Gasteiger partial charge < -0.3 is 15.5 Å². The zero-order valence-corrected chi connectivity index (χ0v) is 16.7. The molecule has 0 spiro atoms. The molecule has 0 bridgehead atoms. The fourth-order valence-electron chi connectivity index (χ4n) is 3.66. The minimum Gasteiger partial charge on any atom is -0.340 e. The van der Waals surface area contributed by atoms with Crippen molar-refractivity contribution in [2.75, 3.05) is 13.1 Å². The molecule has 3 aromatic rings. The number of amides is 3. The number of hydrogen-bond acceptors (Lipinski definition) is 3. The highest BCUT2D eigenvalue weighted by molar-refractivity contribution is 5.78. The average molecular weight is 403 g/mol. The molecule has 1 unspecified atom stereocenters. The van der Waals surface area contributed by atoms with Crippen LogP contribution in [0.3, 0.4) is 0 Å². The maximum atomic E-state index is 12.6. The first kappa shape index (κ1) is 19.7. The third-order valence-corrected chi connectivity index (χ3v) is 5.21. The Morgan fingerprint density at radius 3 is 2.70 bits per heavy atom. The van der Waals surface area contributed by atoms with E-state index in [0.29, 0.717) is 19.5 Å². The van der Waals surface area contributed by atoms with Crippen LogP contribution in [0.5, 0.6) is 0 Å². The minimum absolute atomic E-state index is 0.147. The van der Waals surface area contributed by atoms with Crippen LogP contribution in [-0.4, -0.2) is 39.7 Å². The highest BCUT2D eigenvalue weighted by atomic mass is 16.2. The van der Waals surface area contributed by atoms with E-state index in [1.165, 1.54) is 0 Å². The van der Waals surface area contributed by atoms with Crippen LogP contribution in [0.15, 0.2) is 73.1 Å². The summed E-state index contributed by atoms with van der Waals surface area (Å²) in [6.07, 6.45) is 5.07. The summed E-state index contributed by atoms with van der Waals surface area (Å²) in [5, 5.41) is 10.2. The molecule has 7 nitrogen and oxygen atoms in total. The zero-order chi connectivity index (χ0) is 20.8. The van der Waals surface area contributed by atoms with Gasteiger partial charge in [0.05, 0.1) is 11.7 Å². The number of urea groups is 1. The van der Waals surface area contributed by atoms with E-state index < -0.39 is 0 Å². The van der Waals surface area contributed by atoms with Crippen molar-refractivity contribution in [3.63, 3.8) is 0 Å². The molecule has 3 amide bonds. The molecular weight excluding hydrogens is 378 g/mol. The van der Waals surface area contributed by atoms with Crippen molar-refractivity contribution in [3.05, 3.63) is 84.2 Å². The third-order valence-electron chi connectivity index (χ3n) is 5.21. The van der Waals surface area contributed by atoms with Gasteiger partial charge in [0.25, 0.3) is 0 Å². The van der Waals surface area contributed by atoms with Gasteiger partial charge in [0.2, 0.25) is 5.91 Å². The van der Waals surface area contributed by atoms with Crippen LogP contribution in [-0.2, 0) is 11.3 Å². The lowest BCUT2D eigenvalue weighted by Crippen LogP contribution is -2.42. The monoisotopic (exact) mass is 403 g/mol. The highest BCUT2D eigenvalue weighted by Gasteiger charge is 2.25. The Morgan fingerprint density at radius 2 is 1.97 bits per heavy atom. The number of likely N-dealkylation sites (tertiary alicyclic amines) is 1. The van der Waals surface area contributed by atoms with Crippen LogP contribution in [0, 0.1) is 0 Å². The van der Waals surface area contributed by atoms with Crippen molar-refractivity contribution in [2.45, 2.75) is 25.4 Å². The highest BCUT2D eigenvalue weighted by Crippen LogP contribution is 2.18. The van der Waals surface area contributed by atoms with E-state index in [1.807, 2.05) is 71.8 Å². The fourth-order valence-corrected chi connectivity index (χ4v) is 3.66. The van der Waals surface area contributed by atoms with Gasteiger partial charge in [0, 0.05) is 38.4 Å². The molecule has 0 aliphatic carbocycles. The molecule has 1 aromatic heterocycles. The predicted octanol–water partition coefficient (Wildman–Crippen LogP) is 3.04. The molecule has 1 saturated heterocycles. The van der Waals surface area contributed by atoms with Crippen molar-refractivity contribution in [1.29, 1.82) is 0 Å². The molecule has 7 heteroatoms. The van der Waals surface area contributed by atoms with E-state index in [4.69, 9.17) is 0 Å². The van der Waals surface area contributed by atoms with Gasteiger partial charge in [-0.3, -0.25) is 4.79 Å². The molecule has 30 heavy (non-hydrogen) atoms. The summed E-state index contributed by atoms with van der Waals surface area (Å²) in [6, 6.07) is 19.0. The summed E-state index contributed by atoms with van der Waals surface area (Å²) in [5.74, 6) is 0.147. The van der Waals surface area contributed by atoms with E-state index in [2.05, 4.69) is 15.7 Å².